The Bertz CT molecular complexity index is 1100. The SMILES string of the molecule is COc1cccc(CN(C)C(=O)[C@H]2CCCN(c3nc(C)c4ccc(C)cc4n3)C2)c1. The minimum atomic E-state index is -0.0542. The molecule has 0 saturated carbocycles. The lowest BCUT2D eigenvalue weighted by atomic mass is 9.96. The highest BCUT2D eigenvalue weighted by molar-refractivity contribution is 5.83. The van der Waals surface area contributed by atoms with Gasteiger partial charge in [-0.2, -0.15) is 0 Å². The van der Waals surface area contributed by atoms with Crippen LogP contribution in [0.2, 0.25) is 0 Å². The van der Waals surface area contributed by atoms with Gasteiger partial charge >= 0.3 is 0 Å². The number of piperidine rings is 1. The van der Waals surface area contributed by atoms with Gasteiger partial charge < -0.3 is 14.5 Å². The molecule has 1 saturated heterocycles. The van der Waals surface area contributed by atoms with Gasteiger partial charge in [-0.3, -0.25) is 4.79 Å². The van der Waals surface area contributed by atoms with Crippen LogP contribution in [0, 0.1) is 19.8 Å². The lowest BCUT2D eigenvalue weighted by Gasteiger charge is -2.34. The highest BCUT2D eigenvalue weighted by Crippen LogP contribution is 2.26. The van der Waals surface area contributed by atoms with Crippen molar-refractivity contribution in [2.24, 2.45) is 5.92 Å². The first-order chi connectivity index (χ1) is 14.9. The number of methoxy groups -OCH3 is 1. The summed E-state index contributed by atoms with van der Waals surface area (Å²) in [6, 6.07) is 14.1. The summed E-state index contributed by atoms with van der Waals surface area (Å²) in [7, 11) is 3.53. The van der Waals surface area contributed by atoms with E-state index < -0.39 is 0 Å². The van der Waals surface area contributed by atoms with Gasteiger partial charge in [0.2, 0.25) is 11.9 Å². The van der Waals surface area contributed by atoms with Crippen LogP contribution < -0.4 is 9.64 Å². The van der Waals surface area contributed by atoms with E-state index in [-0.39, 0.29) is 11.8 Å². The van der Waals surface area contributed by atoms with Crippen LogP contribution in [0.25, 0.3) is 10.9 Å². The molecule has 1 aromatic heterocycles. The Kier molecular flexibility index (Phi) is 6.07. The maximum absolute atomic E-state index is 13.2. The highest BCUT2D eigenvalue weighted by Gasteiger charge is 2.29. The molecule has 0 radical (unpaired) electrons. The van der Waals surface area contributed by atoms with E-state index in [4.69, 9.17) is 14.7 Å². The van der Waals surface area contributed by atoms with Gasteiger partial charge in [0.1, 0.15) is 5.75 Å². The van der Waals surface area contributed by atoms with Crippen molar-refractivity contribution in [3.63, 3.8) is 0 Å². The standard InChI is InChI=1S/C25H30N4O2/c1-17-10-11-22-18(2)26-25(27-23(22)13-17)29-12-6-8-20(16-29)24(30)28(3)15-19-7-5-9-21(14-19)31-4/h5,7,9-11,13-14,20H,6,8,12,15-16H2,1-4H3/t20-/m0/s1. The van der Waals surface area contributed by atoms with Crippen LogP contribution in [0.1, 0.15) is 29.7 Å². The Morgan fingerprint density at radius 1 is 1.19 bits per heavy atom. The van der Waals surface area contributed by atoms with Crippen LogP contribution in [-0.4, -0.2) is 48.0 Å². The zero-order valence-corrected chi connectivity index (χ0v) is 18.8. The first-order valence-corrected chi connectivity index (χ1v) is 10.8. The number of carbonyl (C=O) groups is 1. The van der Waals surface area contributed by atoms with Gasteiger partial charge in [0, 0.05) is 32.1 Å². The molecule has 4 rings (SSSR count). The summed E-state index contributed by atoms with van der Waals surface area (Å²) in [5.41, 5.74) is 4.18. The van der Waals surface area contributed by atoms with E-state index in [2.05, 4.69) is 30.0 Å². The number of carbonyl (C=O) groups excluding carboxylic acids is 1. The minimum Gasteiger partial charge on any atom is -0.497 e. The Hall–Kier alpha value is -3.15. The van der Waals surface area contributed by atoms with Crippen molar-refractivity contribution in [3.8, 4) is 5.75 Å². The molecule has 0 unspecified atom stereocenters. The molecule has 1 aliphatic heterocycles. The Labute approximate surface area is 183 Å². The number of nitrogens with zero attached hydrogens (tertiary/aromatic N) is 4. The molecule has 2 aromatic carbocycles. The van der Waals surface area contributed by atoms with E-state index in [1.54, 1.807) is 7.11 Å². The summed E-state index contributed by atoms with van der Waals surface area (Å²) in [6.07, 6.45) is 1.85. The number of anilines is 1. The van der Waals surface area contributed by atoms with Gasteiger partial charge in [-0.15, -0.1) is 0 Å². The predicted octanol–water partition coefficient (Wildman–Crippen LogP) is 4.13. The van der Waals surface area contributed by atoms with E-state index >= 15 is 0 Å². The summed E-state index contributed by atoms with van der Waals surface area (Å²) >= 11 is 0. The van der Waals surface area contributed by atoms with Crippen LogP contribution in [0.5, 0.6) is 5.75 Å². The zero-order valence-electron chi connectivity index (χ0n) is 18.8. The quantitative estimate of drug-likeness (QED) is 0.624. The molecule has 0 aliphatic carbocycles. The topological polar surface area (TPSA) is 58.6 Å². The predicted molar refractivity (Wildman–Crippen MR) is 123 cm³/mol. The van der Waals surface area contributed by atoms with Crippen molar-refractivity contribution >= 4 is 22.8 Å². The molecule has 162 valence electrons. The molecule has 31 heavy (non-hydrogen) atoms. The molecule has 6 heteroatoms. The number of benzene rings is 2. The molecular formula is C25H30N4O2. The third-order valence-electron chi connectivity index (χ3n) is 6.01. The molecule has 1 atom stereocenters. The smallest absolute Gasteiger partial charge is 0.227 e. The molecule has 1 fully saturated rings. The van der Waals surface area contributed by atoms with Gasteiger partial charge in [-0.1, -0.05) is 24.3 Å². The highest BCUT2D eigenvalue weighted by atomic mass is 16.5. The molecule has 6 nitrogen and oxygen atoms in total. The number of hydrogen-bond donors (Lipinski definition) is 0. The van der Waals surface area contributed by atoms with Crippen LogP contribution in [0.3, 0.4) is 0 Å². The number of fused-ring (bicyclic) bond motifs is 1. The first kappa shape index (κ1) is 21.1. The minimum absolute atomic E-state index is 0.0542. The summed E-state index contributed by atoms with van der Waals surface area (Å²) in [5, 5.41) is 1.08. The largest absolute Gasteiger partial charge is 0.497 e. The maximum atomic E-state index is 13.2. The van der Waals surface area contributed by atoms with Gasteiger partial charge in [-0.25, -0.2) is 9.97 Å². The van der Waals surface area contributed by atoms with Crippen molar-refractivity contribution in [2.75, 3.05) is 32.1 Å². The second kappa shape index (κ2) is 8.92. The molecule has 0 spiro atoms. The maximum Gasteiger partial charge on any atom is 0.227 e. The molecular weight excluding hydrogens is 388 g/mol. The summed E-state index contributed by atoms with van der Waals surface area (Å²) < 4.78 is 5.30. The van der Waals surface area contributed by atoms with E-state index in [1.165, 1.54) is 5.56 Å². The number of amides is 1. The van der Waals surface area contributed by atoms with E-state index in [9.17, 15) is 4.79 Å². The average molecular weight is 419 g/mol. The van der Waals surface area contributed by atoms with Crippen LogP contribution in [0.15, 0.2) is 42.5 Å². The Morgan fingerprint density at radius 3 is 2.84 bits per heavy atom. The molecule has 1 amide bonds. The number of hydrogen-bond acceptors (Lipinski definition) is 5. The van der Waals surface area contributed by atoms with Crippen molar-refractivity contribution in [1.82, 2.24) is 14.9 Å². The van der Waals surface area contributed by atoms with Crippen LogP contribution >= 0.6 is 0 Å². The van der Waals surface area contributed by atoms with Gasteiger partial charge in [0.15, 0.2) is 0 Å². The molecule has 2 heterocycles. The van der Waals surface area contributed by atoms with Crippen molar-refractivity contribution < 1.29 is 9.53 Å². The molecule has 1 aliphatic rings. The van der Waals surface area contributed by atoms with Gasteiger partial charge in [-0.05, 0) is 56.0 Å². The Morgan fingerprint density at radius 2 is 2.03 bits per heavy atom. The third-order valence-corrected chi connectivity index (χ3v) is 6.01. The fourth-order valence-corrected chi connectivity index (χ4v) is 4.32. The molecule has 0 bridgehead atoms. The van der Waals surface area contributed by atoms with Crippen LogP contribution in [0.4, 0.5) is 5.95 Å². The average Bonchev–Trinajstić information content (AvgIpc) is 2.78. The fourth-order valence-electron chi connectivity index (χ4n) is 4.32. The lowest BCUT2D eigenvalue weighted by Crippen LogP contribution is -2.44. The monoisotopic (exact) mass is 418 g/mol. The second-order valence-corrected chi connectivity index (χ2v) is 8.46. The summed E-state index contributed by atoms with van der Waals surface area (Å²) in [6.45, 7) is 6.19. The van der Waals surface area contributed by atoms with E-state index in [0.717, 1.165) is 53.2 Å². The number of rotatable bonds is 5. The van der Waals surface area contributed by atoms with Crippen LogP contribution in [-0.2, 0) is 11.3 Å². The van der Waals surface area contributed by atoms with Gasteiger partial charge in [0.05, 0.1) is 24.2 Å². The molecule has 0 N–H and O–H groups in total. The first-order valence-electron chi connectivity index (χ1n) is 10.8. The van der Waals surface area contributed by atoms with E-state index in [0.29, 0.717) is 13.1 Å². The summed E-state index contributed by atoms with van der Waals surface area (Å²) in [5.74, 6) is 1.65. The van der Waals surface area contributed by atoms with Crippen molar-refractivity contribution in [3.05, 3.63) is 59.3 Å². The van der Waals surface area contributed by atoms with Gasteiger partial charge in [0.25, 0.3) is 0 Å². The zero-order chi connectivity index (χ0) is 22.0. The Balaban J connectivity index is 1.49. The second-order valence-electron chi connectivity index (χ2n) is 8.46. The number of aryl methyl sites for hydroxylation is 2. The molecule has 3 aromatic rings. The fraction of sp³-hybridized carbons (Fsp3) is 0.400. The normalized spacial score (nSPS) is 16.4. The van der Waals surface area contributed by atoms with Crippen molar-refractivity contribution in [1.29, 1.82) is 0 Å². The lowest BCUT2D eigenvalue weighted by molar-refractivity contribution is -0.135. The van der Waals surface area contributed by atoms with E-state index in [1.807, 2.05) is 43.1 Å². The number of ether oxygens (including phenoxy) is 1. The number of aromatic nitrogens is 2. The summed E-state index contributed by atoms with van der Waals surface area (Å²) in [4.78, 5) is 26.7. The third kappa shape index (κ3) is 4.63. The van der Waals surface area contributed by atoms with Crippen molar-refractivity contribution in [2.45, 2.75) is 33.2 Å².